The van der Waals surface area contributed by atoms with Crippen LogP contribution in [-0.4, -0.2) is 30.6 Å². The summed E-state index contributed by atoms with van der Waals surface area (Å²) in [5.41, 5.74) is 1.53. The third-order valence-electron chi connectivity index (χ3n) is 4.63. The number of nitrogens with one attached hydrogen (secondary N) is 2. The van der Waals surface area contributed by atoms with E-state index in [2.05, 4.69) is 20.4 Å². The van der Waals surface area contributed by atoms with Crippen LogP contribution in [0.1, 0.15) is 30.6 Å². The van der Waals surface area contributed by atoms with Gasteiger partial charge in [0.25, 0.3) is 0 Å². The van der Waals surface area contributed by atoms with Crippen LogP contribution >= 0.6 is 11.3 Å². The molecular formula is C19H23F2N3O2S. The summed E-state index contributed by atoms with van der Waals surface area (Å²) in [4.78, 5) is 17.7. The second-order valence-corrected chi connectivity index (χ2v) is 7.81. The van der Waals surface area contributed by atoms with Crippen molar-refractivity contribution in [2.24, 2.45) is 5.92 Å². The number of halogens is 2. The molecule has 0 spiro atoms. The molecule has 1 saturated heterocycles. The lowest BCUT2D eigenvalue weighted by Gasteiger charge is -2.21. The molecule has 0 aliphatic carbocycles. The van der Waals surface area contributed by atoms with Gasteiger partial charge in [0.15, 0.2) is 5.13 Å². The summed E-state index contributed by atoms with van der Waals surface area (Å²) in [6.07, 6.45) is 3.65. The van der Waals surface area contributed by atoms with Crippen molar-refractivity contribution >= 4 is 22.4 Å². The summed E-state index contributed by atoms with van der Waals surface area (Å²) in [6, 6.07) is 6.33. The fourth-order valence-corrected chi connectivity index (χ4v) is 4.05. The van der Waals surface area contributed by atoms with Gasteiger partial charge in [0.1, 0.15) is 5.75 Å². The number of hydrogen-bond acceptors (Lipinski definition) is 5. The standard InChI is InChI=1S/C19H23F2N3O2S/c1-12-17(14-3-5-15(6-4-14)26-18(20)21)24-19(27-12)23-16(25)7-2-13-8-10-22-11-9-13/h3-6,13,18,22H,2,7-11H2,1H3,(H,23,24,25). The lowest BCUT2D eigenvalue weighted by Crippen LogP contribution is -2.28. The van der Waals surface area contributed by atoms with Crippen LogP contribution in [0.25, 0.3) is 11.3 Å². The number of aryl methyl sites for hydroxylation is 1. The quantitative estimate of drug-likeness (QED) is 0.728. The van der Waals surface area contributed by atoms with Crippen LogP contribution in [0.15, 0.2) is 24.3 Å². The first-order chi connectivity index (χ1) is 13.0. The van der Waals surface area contributed by atoms with E-state index in [1.54, 1.807) is 12.1 Å². The normalized spacial score (nSPS) is 15.1. The van der Waals surface area contributed by atoms with Crippen molar-refractivity contribution in [3.05, 3.63) is 29.1 Å². The number of alkyl halides is 2. The fraction of sp³-hybridized carbons (Fsp3) is 0.474. The summed E-state index contributed by atoms with van der Waals surface area (Å²) >= 11 is 1.41. The van der Waals surface area contributed by atoms with E-state index >= 15 is 0 Å². The van der Waals surface area contributed by atoms with Crippen LogP contribution in [0, 0.1) is 12.8 Å². The number of carbonyl (C=O) groups excluding carboxylic acids is 1. The van der Waals surface area contributed by atoms with E-state index < -0.39 is 6.61 Å². The number of rotatable bonds is 7. The van der Waals surface area contributed by atoms with E-state index in [-0.39, 0.29) is 11.7 Å². The number of thiazole rings is 1. The van der Waals surface area contributed by atoms with Gasteiger partial charge in [0, 0.05) is 16.9 Å². The number of aromatic nitrogens is 1. The first-order valence-electron chi connectivity index (χ1n) is 9.04. The van der Waals surface area contributed by atoms with Crippen molar-refractivity contribution in [1.82, 2.24) is 10.3 Å². The molecule has 1 aliphatic heterocycles. The van der Waals surface area contributed by atoms with Crippen molar-refractivity contribution in [3.63, 3.8) is 0 Å². The molecule has 1 amide bonds. The van der Waals surface area contributed by atoms with Gasteiger partial charge in [-0.05, 0) is 69.5 Å². The molecule has 1 fully saturated rings. The zero-order valence-electron chi connectivity index (χ0n) is 15.1. The van der Waals surface area contributed by atoms with Gasteiger partial charge in [0.05, 0.1) is 5.69 Å². The Kier molecular flexibility index (Phi) is 6.73. The zero-order chi connectivity index (χ0) is 19.2. The Morgan fingerprint density at radius 3 is 2.70 bits per heavy atom. The molecule has 5 nitrogen and oxygen atoms in total. The molecule has 1 aromatic carbocycles. The second-order valence-electron chi connectivity index (χ2n) is 6.61. The van der Waals surface area contributed by atoms with Crippen LogP contribution < -0.4 is 15.4 Å². The molecule has 1 aliphatic rings. The number of benzene rings is 1. The van der Waals surface area contributed by atoms with Crippen molar-refractivity contribution in [2.75, 3.05) is 18.4 Å². The number of piperidine rings is 1. The summed E-state index contributed by atoms with van der Waals surface area (Å²) in [7, 11) is 0. The Bertz CT molecular complexity index is 759. The molecule has 0 radical (unpaired) electrons. The molecule has 1 aromatic heterocycles. The number of amides is 1. The first kappa shape index (κ1) is 19.7. The van der Waals surface area contributed by atoms with Gasteiger partial charge in [0.2, 0.25) is 5.91 Å². The van der Waals surface area contributed by atoms with Gasteiger partial charge in [-0.25, -0.2) is 4.98 Å². The minimum absolute atomic E-state index is 0.0190. The van der Waals surface area contributed by atoms with E-state index in [1.807, 2.05) is 6.92 Å². The molecule has 8 heteroatoms. The van der Waals surface area contributed by atoms with Gasteiger partial charge in [-0.1, -0.05) is 0 Å². The highest BCUT2D eigenvalue weighted by Gasteiger charge is 2.16. The lowest BCUT2D eigenvalue weighted by atomic mass is 9.93. The van der Waals surface area contributed by atoms with Gasteiger partial charge in [-0.15, -0.1) is 11.3 Å². The summed E-state index contributed by atoms with van der Waals surface area (Å²) in [5.74, 6) is 0.696. The van der Waals surface area contributed by atoms with Crippen LogP contribution in [-0.2, 0) is 4.79 Å². The number of hydrogen-bond donors (Lipinski definition) is 2. The largest absolute Gasteiger partial charge is 0.435 e. The molecule has 146 valence electrons. The SMILES string of the molecule is Cc1sc(NC(=O)CCC2CCNCC2)nc1-c1ccc(OC(F)F)cc1. The molecular weight excluding hydrogens is 372 g/mol. The van der Waals surface area contributed by atoms with Crippen LogP contribution in [0.5, 0.6) is 5.75 Å². The van der Waals surface area contributed by atoms with E-state index in [9.17, 15) is 13.6 Å². The predicted molar refractivity (Wildman–Crippen MR) is 102 cm³/mol. The molecule has 0 saturated carbocycles. The maximum absolute atomic E-state index is 12.2. The Hall–Kier alpha value is -2.06. The summed E-state index contributed by atoms with van der Waals surface area (Å²) < 4.78 is 28.8. The average Bonchev–Trinajstić information content (AvgIpc) is 3.01. The molecule has 2 N–H and O–H groups in total. The zero-order valence-corrected chi connectivity index (χ0v) is 16.0. The monoisotopic (exact) mass is 395 g/mol. The first-order valence-corrected chi connectivity index (χ1v) is 9.86. The van der Waals surface area contributed by atoms with Gasteiger partial charge >= 0.3 is 6.61 Å². The highest BCUT2D eigenvalue weighted by molar-refractivity contribution is 7.16. The van der Waals surface area contributed by atoms with Crippen LogP contribution in [0.4, 0.5) is 13.9 Å². The van der Waals surface area contributed by atoms with Crippen LogP contribution in [0.3, 0.4) is 0 Å². The maximum Gasteiger partial charge on any atom is 0.387 e. The van der Waals surface area contributed by atoms with Crippen molar-refractivity contribution in [2.45, 2.75) is 39.2 Å². The van der Waals surface area contributed by atoms with Crippen molar-refractivity contribution < 1.29 is 18.3 Å². The smallest absolute Gasteiger partial charge is 0.387 e. The summed E-state index contributed by atoms with van der Waals surface area (Å²) in [5, 5.41) is 6.77. The Morgan fingerprint density at radius 1 is 1.33 bits per heavy atom. The summed E-state index contributed by atoms with van der Waals surface area (Å²) in [6.45, 7) is 1.13. The van der Waals surface area contributed by atoms with Gasteiger partial charge < -0.3 is 15.4 Å². The maximum atomic E-state index is 12.2. The van der Waals surface area contributed by atoms with E-state index in [1.165, 1.54) is 23.5 Å². The number of nitrogens with zero attached hydrogens (tertiary/aromatic N) is 1. The molecule has 2 heterocycles. The Balaban J connectivity index is 1.57. The van der Waals surface area contributed by atoms with Crippen LogP contribution in [0.2, 0.25) is 0 Å². The second kappa shape index (κ2) is 9.23. The van der Waals surface area contributed by atoms with E-state index in [0.29, 0.717) is 17.5 Å². The highest BCUT2D eigenvalue weighted by Crippen LogP contribution is 2.31. The fourth-order valence-electron chi connectivity index (χ4n) is 3.20. The third-order valence-corrected chi connectivity index (χ3v) is 5.52. The number of carbonyl (C=O) groups is 1. The number of anilines is 1. The topological polar surface area (TPSA) is 63.2 Å². The van der Waals surface area contributed by atoms with E-state index in [0.717, 1.165) is 48.5 Å². The van der Waals surface area contributed by atoms with Crippen molar-refractivity contribution in [3.8, 4) is 17.0 Å². The minimum atomic E-state index is -2.84. The Labute approximate surface area is 161 Å². The molecule has 2 aromatic rings. The lowest BCUT2D eigenvalue weighted by molar-refractivity contribution is -0.116. The number of ether oxygens (including phenoxy) is 1. The molecule has 0 unspecified atom stereocenters. The Morgan fingerprint density at radius 2 is 2.04 bits per heavy atom. The van der Waals surface area contributed by atoms with Gasteiger partial charge in [-0.3, -0.25) is 4.79 Å². The minimum Gasteiger partial charge on any atom is -0.435 e. The molecule has 0 atom stereocenters. The highest BCUT2D eigenvalue weighted by atomic mass is 32.1. The third kappa shape index (κ3) is 5.71. The predicted octanol–water partition coefficient (Wildman–Crippen LogP) is 4.44. The van der Waals surface area contributed by atoms with Crippen molar-refractivity contribution in [1.29, 1.82) is 0 Å². The van der Waals surface area contributed by atoms with Gasteiger partial charge in [-0.2, -0.15) is 8.78 Å². The molecule has 27 heavy (non-hydrogen) atoms. The molecule has 3 rings (SSSR count). The van der Waals surface area contributed by atoms with E-state index in [4.69, 9.17) is 0 Å². The molecule has 0 bridgehead atoms. The average molecular weight is 395 g/mol.